The summed E-state index contributed by atoms with van der Waals surface area (Å²) < 4.78 is 135. The predicted molar refractivity (Wildman–Crippen MR) is 209 cm³/mol. The van der Waals surface area contributed by atoms with Gasteiger partial charge in [-0.2, -0.15) is 40.6 Å². The maximum Gasteiger partial charge on any atom is 0.435 e. The summed E-state index contributed by atoms with van der Waals surface area (Å²) in [4.78, 5) is 8.73. The molecule has 12 nitrogen and oxygen atoms in total. The highest BCUT2D eigenvalue weighted by molar-refractivity contribution is 7.92. The summed E-state index contributed by atoms with van der Waals surface area (Å²) in [7, 11) is -1.01. The van der Waals surface area contributed by atoms with Crippen molar-refractivity contribution in [2.45, 2.75) is 62.0 Å². The van der Waals surface area contributed by atoms with Crippen molar-refractivity contribution < 1.29 is 44.3 Å². The standard InChI is InChI=1S/C41H36F7N9O3S/c1-6-24-19-31-36(41(46,47)48)52-57(37(31)40(24,44)45)15-14-49-32(18-23-16-25(42)20-26(43)17-23)34-28(11-10-27(51-34)12-13-39(2,3)58)29-8-7-9-30-35(29)56(5)53-38(30)54-61(59,60)33-21-55(4)22-50-33/h1,7-11,16-17,20-22,24,32,49,58H,14-15,18-19H2,2-5H3,(H,53,54). The Morgan fingerprint density at radius 1 is 1.05 bits per heavy atom. The fourth-order valence-corrected chi connectivity index (χ4v) is 8.28. The SMILES string of the molecule is C#CC1Cc2c(C(F)(F)F)nn(CCNC(Cc3cc(F)cc(F)c3)c3nc(C#CC(C)(C)O)ccc3-c3cccc4c(NS(=O)(=O)c5cn(C)cn5)nn(C)c34)c2C1(F)F. The zero-order valence-electron chi connectivity index (χ0n) is 32.8. The van der Waals surface area contributed by atoms with E-state index in [1.165, 1.54) is 35.6 Å². The summed E-state index contributed by atoms with van der Waals surface area (Å²) in [5.41, 5.74) is -2.90. The number of alkyl halides is 5. The molecule has 20 heteroatoms. The number of para-hydroxylation sites is 1. The molecule has 4 heterocycles. The first kappa shape index (κ1) is 42.9. The summed E-state index contributed by atoms with van der Waals surface area (Å²) in [5, 5.41) is 21.6. The van der Waals surface area contributed by atoms with Crippen LogP contribution in [0.3, 0.4) is 0 Å². The molecule has 0 radical (unpaired) electrons. The zero-order chi connectivity index (χ0) is 44.2. The van der Waals surface area contributed by atoms with E-state index in [0.29, 0.717) is 32.8 Å². The zero-order valence-corrected chi connectivity index (χ0v) is 33.6. The lowest BCUT2D eigenvalue weighted by atomic mass is 9.93. The number of anilines is 1. The topological polar surface area (TPSA) is 145 Å². The van der Waals surface area contributed by atoms with Gasteiger partial charge in [0.15, 0.2) is 16.5 Å². The Labute approximate surface area is 344 Å². The molecule has 2 atom stereocenters. The number of fused-ring (bicyclic) bond motifs is 2. The minimum Gasteiger partial charge on any atom is -0.378 e. The second-order valence-electron chi connectivity index (χ2n) is 15.0. The molecule has 0 spiro atoms. The van der Waals surface area contributed by atoms with E-state index in [1.807, 2.05) is 5.92 Å². The first-order valence-corrected chi connectivity index (χ1v) is 20.0. The van der Waals surface area contributed by atoms with Gasteiger partial charge in [-0.25, -0.2) is 18.7 Å². The minimum atomic E-state index is -5.05. The first-order chi connectivity index (χ1) is 28.6. The fourth-order valence-electron chi connectivity index (χ4n) is 7.28. The van der Waals surface area contributed by atoms with Crippen molar-refractivity contribution in [2.75, 3.05) is 11.3 Å². The van der Waals surface area contributed by atoms with E-state index in [-0.39, 0.29) is 40.8 Å². The van der Waals surface area contributed by atoms with Gasteiger partial charge in [-0.1, -0.05) is 24.0 Å². The van der Waals surface area contributed by atoms with Gasteiger partial charge in [0.1, 0.15) is 28.6 Å². The van der Waals surface area contributed by atoms with Gasteiger partial charge in [-0.05, 0) is 68.5 Å². The van der Waals surface area contributed by atoms with Gasteiger partial charge >= 0.3 is 12.1 Å². The molecule has 0 fully saturated rings. The molecule has 0 saturated carbocycles. The second kappa shape index (κ2) is 15.7. The third-order valence-electron chi connectivity index (χ3n) is 9.85. The molecule has 0 saturated heterocycles. The van der Waals surface area contributed by atoms with Crippen LogP contribution in [-0.4, -0.2) is 59.8 Å². The number of aromatic nitrogens is 7. The Kier molecular flexibility index (Phi) is 11.0. The molecule has 0 bridgehead atoms. The molecule has 2 aromatic carbocycles. The van der Waals surface area contributed by atoms with Crippen LogP contribution in [-0.2, 0) is 55.6 Å². The molecule has 2 unspecified atom stereocenters. The van der Waals surface area contributed by atoms with Crippen LogP contribution in [0.15, 0.2) is 66.1 Å². The van der Waals surface area contributed by atoms with Crippen LogP contribution in [0.1, 0.15) is 53.8 Å². The molecular weight excluding hydrogens is 832 g/mol. The monoisotopic (exact) mass is 867 g/mol. The summed E-state index contributed by atoms with van der Waals surface area (Å²) in [6.45, 7) is 2.06. The highest BCUT2D eigenvalue weighted by atomic mass is 32.2. The van der Waals surface area contributed by atoms with E-state index in [4.69, 9.17) is 11.4 Å². The normalized spacial score (nSPS) is 15.6. The molecular formula is C41H36F7N9O3S. The Morgan fingerprint density at radius 2 is 1.77 bits per heavy atom. The van der Waals surface area contributed by atoms with Crippen LogP contribution in [0.5, 0.6) is 0 Å². The quantitative estimate of drug-likeness (QED) is 0.102. The molecule has 318 valence electrons. The van der Waals surface area contributed by atoms with E-state index in [2.05, 4.69) is 37.1 Å². The fraction of sp³-hybridized carbons (Fsp3) is 0.317. The molecule has 61 heavy (non-hydrogen) atoms. The number of halogens is 7. The number of imidazole rings is 1. The number of pyridine rings is 1. The van der Waals surface area contributed by atoms with Gasteiger partial charge < -0.3 is 15.0 Å². The molecule has 1 aliphatic rings. The maximum absolute atomic E-state index is 15.5. The summed E-state index contributed by atoms with van der Waals surface area (Å²) in [6, 6.07) is 9.90. The third kappa shape index (κ3) is 8.69. The van der Waals surface area contributed by atoms with E-state index >= 15 is 8.78 Å². The van der Waals surface area contributed by atoms with Gasteiger partial charge in [0, 0.05) is 55.0 Å². The van der Waals surface area contributed by atoms with Gasteiger partial charge in [0.25, 0.3) is 10.0 Å². The van der Waals surface area contributed by atoms with Crippen LogP contribution in [0, 0.1) is 41.7 Å². The van der Waals surface area contributed by atoms with Gasteiger partial charge in [-0.15, -0.1) is 6.42 Å². The molecule has 4 aromatic heterocycles. The Morgan fingerprint density at radius 3 is 2.41 bits per heavy atom. The molecule has 1 aliphatic carbocycles. The van der Waals surface area contributed by atoms with E-state index in [9.17, 15) is 35.5 Å². The van der Waals surface area contributed by atoms with Gasteiger partial charge in [-0.3, -0.25) is 14.1 Å². The van der Waals surface area contributed by atoms with Crippen LogP contribution in [0.25, 0.3) is 22.0 Å². The van der Waals surface area contributed by atoms with Crippen LogP contribution >= 0.6 is 0 Å². The number of rotatable bonds is 11. The maximum atomic E-state index is 15.5. The van der Waals surface area contributed by atoms with Gasteiger partial charge in [0.05, 0.1) is 36.0 Å². The highest BCUT2D eigenvalue weighted by Crippen LogP contribution is 2.49. The molecule has 7 rings (SSSR count). The molecule has 0 amide bonds. The summed E-state index contributed by atoms with van der Waals surface area (Å²) in [5.74, 6) is -0.111. The smallest absolute Gasteiger partial charge is 0.378 e. The summed E-state index contributed by atoms with van der Waals surface area (Å²) >= 11 is 0. The number of hydrogen-bond donors (Lipinski definition) is 3. The number of aliphatic hydroxyl groups is 1. The van der Waals surface area contributed by atoms with E-state index < -0.39 is 81.2 Å². The number of nitrogens with zero attached hydrogens (tertiary/aromatic N) is 7. The highest BCUT2D eigenvalue weighted by Gasteiger charge is 2.55. The average molecular weight is 868 g/mol. The summed E-state index contributed by atoms with van der Waals surface area (Å²) in [6.07, 6.45) is 1.94. The van der Waals surface area contributed by atoms with Crippen molar-refractivity contribution in [3.8, 4) is 35.3 Å². The van der Waals surface area contributed by atoms with Crippen molar-refractivity contribution in [1.29, 1.82) is 0 Å². The lowest BCUT2D eigenvalue weighted by molar-refractivity contribution is -0.142. The Balaban J connectivity index is 1.35. The van der Waals surface area contributed by atoms with Crippen molar-refractivity contribution >= 4 is 26.7 Å². The number of sulfonamides is 1. The van der Waals surface area contributed by atoms with Crippen molar-refractivity contribution in [1.82, 2.24) is 39.4 Å². The van der Waals surface area contributed by atoms with Crippen LogP contribution in [0.2, 0.25) is 0 Å². The van der Waals surface area contributed by atoms with Crippen LogP contribution in [0.4, 0.5) is 36.6 Å². The third-order valence-corrected chi connectivity index (χ3v) is 11.1. The Hall–Kier alpha value is -6.22. The lowest BCUT2D eigenvalue weighted by Crippen LogP contribution is -2.31. The Bertz CT molecular complexity index is 2880. The van der Waals surface area contributed by atoms with E-state index in [1.54, 1.807) is 44.4 Å². The average Bonchev–Trinajstić information content (AvgIpc) is 3.92. The molecule has 3 N–H and O–H groups in total. The second-order valence-corrected chi connectivity index (χ2v) is 16.7. The largest absolute Gasteiger partial charge is 0.435 e. The number of benzene rings is 2. The first-order valence-electron chi connectivity index (χ1n) is 18.5. The van der Waals surface area contributed by atoms with Crippen LogP contribution < -0.4 is 10.0 Å². The number of hydrogen-bond acceptors (Lipinski definition) is 8. The number of aryl methyl sites for hydroxylation is 2. The van der Waals surface area contributed by atoms with Crippen molar-refractivity contribution in [2.24, 2.45) is 20.0 Å². The van der Waals surface area contributed by atoms with Crippen molar-refractivity contribution in [3.63, 3.8) is 0 Å². The molecule has 0 aliphatic heterocycles. The number of nitrogens with one attached hydrogen (secondary N) is 2. The minimum absolute atomic E-state index is 0.0362. The predicted octanol–water partition coefficient (Wildman–Crippen LogP) is 6.26. The number of terminal acetylenes is 1. The van der Waals surface area contributed by atoms with Crippen molar-refractivity contribution in [3.05, 3.63) is 107 Å². The molecule has 6 aromatic rings. The van der Waals surface area contributed by atoms with E-state index in [0.717, 1.165) is 12.1 Å². The lowest BCUT2D eigenvalue weighted by Gasteiger charge is -2.23. The van der Waals surface area contributed by atoms with Gasteiger partial charge in [0.2, 0.25) is 0 Å².